The molecular formula is C11H23Cl2N. The first-order valence-electron chi connectivity index (χ1n) is 5.65. The van der Waals surface area contributed by atoms with E-state index >= 15 is 0 Å². The van der Waals surface area contributed by atoms with Gasteiger partial charge in [-0.05, 0) is 25.3 Å². The Hall–Kier alpha value is 0.540. The van der Waals surface area contributed by atoms with Crippen LogP contribution in [0, 0.1) is 5.92 Å². The topological polar surface area (TPSA) is 3.24 Å². The van der Waals surface area contributed by atoms with E-state index < -0.39 is 0 Å². The molecule has 0 aliphatic heterocycles. The second-order valence-corrected chi connectivity index (χ2v) is 4.46. The SMILES string of the molecule is CCN(CCCl)CC1CCCCC1.Cl. The van der Waals surface area contributed by atoms with E-state index in [4.69, 9.17) is 11.6 Å². The Balaban J connectivity index is 0.00000169. The normalized spacial score (nSPS) is 18.2. The lowest BCUT2D eigenvalue weighted by molar-refractivity contribution is 0.217. The molecule has 0 N–H and O–H groups in total. The van der Waals surface area contributed by atoms with E-state index in [1.807, 2.05) is 0 Å². The van der Waals surface area contributed by atoms with Gasteiger partial charge in [-0.1, -0.05) is 26.2 Å². The fourth-order valence-electron chi connectivity index (χ4n) is 2.23. The molecule has 0 atom stereocenters. The minimum Gasteiger partial charge on any atom is -0.302 e. The van der Waals surface area contributed by atoms with Crippen LogP contribution in [-0.2, 0) is 0 Å². The minimum atomic E-state index is 0. The first-order valence-corrected chi connectivity index (χ1v) is 6.18. The smallest absolute Gasteiger partial charge is 0.0351 e. The maximum Gasteiger partial charge on any atom is 0.0351 e. The second kappa shape index (κ2) is 8.82. The summed E-state index contributed by atoms with van der Waals surface area (Å²) in [5, 5.41) is 0. The average Bonchev–Trinajstić information content (AvgIpc) is 2.19. The standard InChI is InChI=1S/C11H22ClN.ClH/c1-2-13(9-8-12)10-11-6-4-3-5-7-11;/h11H,2-10H2,1H3;1H. The number of hydrogen-bond acceptors (Lipinski definition) is 1. The molecule has 0 unspecified atom stereocenters. The summed E-state index contributed by atoms with van der Waals surface area (Å²) in [5.74, 6) is 1.73. The van der Waals surface area contributed by atoms with Crippen molar-refractivity contribution in [2.75, 3.05) is 25.5 Å². The van der Waals surface area contributed by atoms with E-state index in [0.29, 0.717) is 0 Å². The summed E-state index contributed by atoms with van der Waals surface area (Å²) in [4.78, 5) is 2.49. The van der Waals surface area contributed by atoms with Crippen LogP contribution in [0.5, 0.6) is 0 Å². The zero-order valence-corrected chi connectivity index (χ0v) is 10.7. The predicted molar refractivity (Wildman–Crippen MR) is 66.7 cm³/mol. The molecule has 14 heavy (non-hydrogen) atoms. The Bertz CT molecular complexity index is 122. The highest BCUT2D eigenvalue weighted by molar-refractivity contribution is 6.18. The van der Waals surface area contributed by atoms with Crippen LogP contribution in [0.4, 0.5) is 0 Å². The molecule has 1 aliphatic carbocycles. The zero-order valence-electron chi connectivity index (χ0n) is 9.17. The Labute approximate surface area is 99.6 Å². The Morgan fingerprint density at radius 1 is 1.21 bits per heavy atom. The fourth-order valence-corrected chi connectivity index (χ4v) is 2.47. The van der Waals surface area contributed by atoms with Crippen molar-refractivity contribution in [1.82, 2.24) is 4.90 Å². The van der Waals surface area contributed by atoms with Gasteiger partial charge in [-0.15, -0.1) is 24.0 Å². The Morgan fingerprint density at radius 3 is 2.36 bits per heavy atom. The summed E-state index contributed by atoms with van der Waals surface area (Å²) < 4.78 is 0. The van der Waals surface area contributed by atoms with Crippen LogP contribution in [0.15, 0.2) is 0 Å². The third-order valence-electron chi connectivity index (χ3n) is 3.09. The molecule has 1 saturated carbocycles. The highest BCUT2D eigenvalue weighted by atomic mass is 35.5. The van der Waals surface area contributed by atoms with Crippen molar-refractivity contribution in [3.63, 3.8) is 0 Å². The third kappa shape index (κ3) is 5.43. The van der Waals surface area contributed by atoms with E-state index in [1.165, 1.54) is 38.6 Å². The maximum atomic E-state index is 5.75. The van der Waals surface area contributed by atoms with Crippen LogP contribution in [0.1, 0.15) is 39.0 Å². The van der Waals surface area contributed by atoms with E-state index in [0.717, 1.165) is 24.9 Å². The molecule has 0 heterocycles. The third-order valence-corrected chi connectivity index (χ3v) is 3.26. The summed E-state index contributed by atoms with van der Waals surface area (Å²) in [7, 11) is 0. The molecule has 0 bridgehead atoms. The second-order valence-electron chi connectivity index (χ2n) is 4.09. The van der Waals surface area contributed by atoms with E-state index in [2.05, 4.69) is 11.8 Å². The van der Waals surface area contributed by atoms with Gasteiger partial charge < -0.3 is 4.90 Å². The summed E-state index contributed by atoms with van der Waals surface area (Å²) in [5.41, 5.74) is 0. The van der Waals surface area contributed by atoms with Crippen molar-refractivity contribution >= 4 is 24.0 Å². The van der Waals surface area contributed by atoms with Gasteiger partial charge in [0, 0.05) is 19.0 Å². The molecule has 0 aromatic carbocycles. The van der Waals surface area contributed by atoms with Gasteiger partial charge in [0.15, 0.2) is 0 Å². The molecule has 1 rings (SSSR count). The quantitative estimate of drug-likeness (QED) is 0.664. The van der Waals surface area contributed by atoms with Crippen molar-refractivity contribution in [3.8, 4) is 0 Å². The molecule has 0 radical (unpaired) electrons. The van der Waals surface area contributed by atoms with E-state index in [-0.39, 0.29) is 12.4 Å². The summed E-state index contributed by atoms with van der Waals surface area (Å²) >= 11 is 5.75. The zero-order chi connectivity index (χ0) is 9.52. The van der Waals surface area contributed by atoms with Crippen molar-refractivity contribution in [3.05, 3.63) is 0 Å². The van der Waals surface area contributed by atoms with Crippen molar-refractivity contribution in [2.24, 2.45) is 5.92 Å². The molecule has 0 aromatic heterocycles. The lowest BCUT2D eigenvalue weighted by Crippen LogP contribution is -2.32. The summed E-state index contributed by atoms with van der Waals surface area (Å²) in [6.45, 7) is 5.73. The van der Waals surface area contributed by atoms with Crippen LogP contribution in [-0.4, -0.2) is 30.4 Å². The highest BCUT2D eigenvalue weighted by Crippen LogP contribution is 2.24. The van der Waals surface area contributed by atoms with Gasteiger partial charge in [-0.25, -0.2) is 0 Å². The van der Waals surface area contributed by atoms with E-state index in [1.54, 1.807) is 0 Å². The Kier molecular flexibility index (Phi) is 9.16. The molecule has 1 aliphatic rings. The largest absolute Gasteiger partial charge is 0.302 e. The number of alkyl halides is 1. The first-order chi connectivity index (χ1) is 6.36. The summed E-state index contributed by atoms with van der Waals surface area (Å²) in [6, 6.07) is 0. The monoisotopic (exact) mass is 239 g/mol. The van der Waals surface area contributed by atoms with Crippen LogP contribution in [0.2, 0.25) is 0 Å². The van der Waals surface area contributed by atoms with Gasteiger partial charge in [0.2, 0.25) is 0 Å². The maximum absolute atomic E-state index is 5.75. The lowest BCUT2D eigenvalue weighted by Gasteiger charge is -2.28. The van der Waals surface area contributed by atoms with Crippen molar-refractivity contribution in [2.45, 2.75) is 39.0 Å². The number of hydrogen-bond donors (Lipinski definition) is 0. The minimum absolute atomic E-state index is 0. The molecule has 3 heteroatoms. The van der Waals surface area contributed by atoms with Gasteiger partial charge in [0.05, 0.1) is 0 Å². The van der Waals surface area contributed by atoms with E-state index in [9.17, 15) is 0 Å². The fraction of sp³-hybridized carbons (Fsp3) is 1.00. The predicted octanol–water partition coefficient (Wildman–Crippen LogP) is 3.55. The summed E-state index contributed by atoms with van der Waals surface area (Å²) in [6.07, 6.45) is 7.24. The molecule has 1 fully saturated rings. The van der Waals surface area contributed by atoms with Gasteiger partial charge in [-0.3, -0.25) is 0 Å². The van der Waals surface area contributed by atoms with Gasteiger partial charge in [0.25, 0.3) is 0 Å². The van der Waals surface area contributed by atoms with Crippen LogP contribution >= 0.6 is 24.0 Å². The number of nitrogens with zero attached hydrogens (tertiary/aromatic N) is 1. The van der Waals surface area contributed by atoms with Gasteiger partial charge in [-0.2, -0.15) is 0 Å². The molecule has 0 aromatic rings. The van der Waals surface area contributed by atoms with Gasteiger partial charge >= 0.3 is 0 Å². The van der Waals surface area contributed by atoms with Crippen LogP contribution in [0.3, 0.4) is 0 Å². The van der Waals surface area contributed by atoms with Crippen LogP contribution < -0.4 is 0 Å². The van der Waals surface area contributed by atoms with Crippen molar-refractivity contribution < 1.29 is 0 Å². The van der Waals surface area contributed by atoms with Crippen LogP contribution in [0.25, 0.3) is 0 Å². The lowest BCUT2D eigenvalue weighted by atomic mass is 9.89. The first kappa shape index (κ1) is 14.5. The molecule has 0 saturated heterocycles. The molecule has 86 valence electrons. The number of halogens is 2. The average molecular weight is 240 g/mol. The molecule has 0 amide bonds. The van der Waals surface area contributed by atoms with Crippen molar-refractivity contribution in [1.29, 1.82) is 0 Å². The molecule has 1 nitrogen and oxygen atoms in total. The molecular weight excluding hydrogens is 217 g/mol. The Morgan fingerprint density at radius 2 is 1.86 bits per heavy atom. The number of rotatable bonds is 5. The highest BCUT2D eigenvalue weighted by Gasteiger charge is 2.15. The molecule has 0 spiro atoms. The van der Waals surface area contributed by atoms with Gasteiger partial charge in [0.1, 0.15) is 0 Å².